The van der Waals surface area contributed by atoms with Crippen molar-refractivity contribution in [3.8, 4) is 11.3 Å². The molecule has 160 valence electrons. The average molecular weight is 423 g/mol. The van der Waals surface area contributed by atoms with Crippen molar-refractivity contribution in [1.82, 2.24) is 20.4 Å². The van der Waals surface area contributed by atoms with E-state index in [9.17, 15) is 9.18 Å². The first kappa shape index (κ1) is 23.4. The smallest absolute Gasteiger partial charge is 0.222 e. The van der Waals surface area contributed by atoms with Gasteiger partial charge in [0.05, 0.1) is 5.69 Å². The number of carbonyl (C=O) groups excluding carboxylic acids is 1. The van der Waals surface area contributed by atoms with Crippen molar-refractivity contribution in [1.29, 1.82) is 0 Å². The Morgan fingerprint density at radius 2 is 2.21 bits per heavy atom. The average Bonchev–Trinajstić information content (AvgIpc) is 3.17. The number of hydrogen-bond donors (Lipinski definition) is 2. The van der Waals surface area contributed by atoms with Crippen LogP contribution in [0, 0.1) is 17.7 Å². The van der Waals surface area contributed by atoms with Gasteiger partial charge in [0, 0.05) is 31.3 Å². The highest BCUT2D eigenvalue weighted by molar-refractivity contribution is 5.85. The Morgan fingerprint density at radius 3 is 2.93 bits per heavy atom. The number of carbonyl (C=O) groups is 1. The Labute approximate surface area is 178 Å². The maximum Gasteiger partial charge on any atom is 0.222 e. The van der Waals surface area contributed by atoms with Gasteiger partial charge in [0.1, 0.15) is 5.82 Å². The zero-order chi connectivity index (χ0) is 19.9. The van der Waals surface area contributed by atoms with Gasteiger partial charge in [-0.3, -0.25) is 9.89 Å². The van der Waals surface area contributed by atoms with Crippen LogP contribution in [0.15, 0.2) is 30.3 Å². The van der Waals surface area contributed by atoms with Gasteiger partial charge < -0.3 is 10.2 Å². The van der Waals surface area contributed by atoms with Crippen molar-refractivity contribution in [2.75, 3.05) is 26.7 Å². The van der Waals surface area contributed by atoms with E-state index in [1.165, 1.54) is 25.0 Å². The third-order valence-corrected chi connectivity index (χ3v) is 5.75. The van der Waals surface area contributed by atoms with Crippen molar-refractivity contribution in [2.24, 2.45) is 11.8 Å². The number of hydrogen-bond acceptors (Lipinski definition) is 3. The van der Waals surface area contributed by atoms with Crippen molar-refractivity contribution in [3.05, 3.63) is 41.8 Å². The highest BCUT2D eigenvalue weighted by Gasteiger charge is 2.23. The third-order valence-electron chi connectivity index (χ3n) is 5.75. The summed E-state index contributed by atoms with van der Waals surface area (Å²) in [7, 11) is 1.89. The fourth-order valence-corrected chi connectivity index (χ4v) is 3.88. The van der Waals surface area contributed by atoms with E-state index >= 15 is 0 Å². The summed E-state index contributed by atoms with van der Waals surface area (Å²) in [5, 5.41) is 10.7. The van der Waals surface area contributed by atoms with Crippen LogP contribution in [0.25, 0.3) is 11.3 Å². The molecule has 1 amide bonds. The van der Waals surface area contributed by atoms with Crippen LogP contribution in [-0.2, 0) is 11.2 Å². The number of nitrogens with one attached hydrogen (secondary N) is 2. The second kappa shape index (κ2) is 11.3. The molecular weight excluding hydrogens is 391 g/mol. The molecule has 1 aromatic carbocycles. The molecule has 1 aromatic heterocycles. The zero-order valence-electron chi connectivity index (χ0n) is 17.3. The lowest BCUT2D eigenvalue weighted by molar-refractivity contribution is -0.131. The minimum atomic E-state index is -0.263. The van der Waals surface area contributed by atoms with Gasteiger partial charge >= 0.3 is 0 Å². The summed E-state index contributed by atoms with van der Waals surface area (Å²) in [4.78, 5) is 14.4. The molecule has 2 heterocycles. The lowest BCUT2D eigenvalue weighted by Gasteiger charge is -2.29. The molecule has 0 spiro atoms. The summed E-state index contributed by atoms with van der Waals surface area (Å²) in [6.07, 6.45) is 4.73. The van der Waals surface area contributed by atoms with Crippen molar-refractivity contribution < 1.29 is 9.18 Å². The van der Waals surface area contributed by atoms with Crippen LogP contribution < -0.4 is 5.32 Å². The fourth-order valence-electron chi connectivity index (χ4n) is 3.88. The van der Waals surface area contributed by atoms with Gasteiger partial charge in [-0.25, -0.2) is 4.39 Å². The van der Waals surface area contributed by atoms with Crippen molar-refractivity contribution in [3.63, 3.8) is 0 Å². The molecular formula is C22H32ClFN4O. The van der Waals surface area contributed by atoms with E-state index in [1.54, 1.807) is 6.07 Å². The first-order chi connectivity index (χ1) is 13.5. The van der Waals surface area contributed by atoms with E-state index in [4.69, 9.17) is 0 Å². The molecule has 2 atom stereocenters. The Hall–Kier alpha value is -1.92. The highest BCUT2D eigenvalue weighted by atomic mass is 35.5. The number of amides is 1. The zero-order valence-corrected chi connectivity index (χ0v) is 18.1. The van der Waals surface area contributed by atoms with Crippen molar-refractivity contribution >= 4 is 18.3 Å². The molecule has 1 saturated heterocycles. The van der Waals surface area contributed by atoms with Crippen LogP contribution in [0.3, 0.4) is 0 Å². The number of piperidine rings is 1. The van der Waals surface area contributed by atoms with Crippen LogP contribution >= 0.6 is 12.4 Å². The molecule has 5 nitrogen and oxygen atoms in total. The predicted molar refractivity (Wildman–Crippen MR) is 117 cm³/mol. The molecule has 29 heavy (non-hydrogen) atoms. The number of benzene rings is 1. The third kappa shape index (κ3) is 6.82. The number of aromatic amines is 1. The minimum Gasteiger partial charge on any atom is -0.346 e. The van der Waals surface area contributed by atoms with Gasteiger partial charge in [0.15, 0.2) is 0 Å². The van der Waals surface area contributed by atoms with Gasteiger partial charge in [-0.2, -0.15) is 5.10 Å². The van der Waals surface area contributed by atoms with Gasteiger partial charge in [-0.05, 0) is 68.8 Å². The SMILES string of the molecule is CC(CC(=O)N(C)CCCc1cc(-c2cccc(F)c2)n[nH]1)C1CCCNC1.Cl. The first-order valence-electron chi connectivity index (χ1n) is 10.3. The Kier molecular flexibility index (Phi) is 9.11. The normalized spacial score (nSPS) is 17.4. The summed E-state index contributed by atoms with van der Waals surface area (Å²) >= 11 is 0. The lowest BCUT2D eigenvalue weighted by Crippen LogP contribution is -2.36. The van der Waals surface area contributed by atoms with Crippen LogP contribution in [0.2, 0.25) is 0 Å². The summed E-state index contributed by atoms with van der Waals surface area (Å²) < 4.78 is 13.4. The maximum atomic E-state index is 13.4. The van der Waals surface area contributed by atoms with E-state index in [-0.39, 0.29) is 24.1 Å². The largest absolute Gasteiger partial charge is 0.346 e. The van der Waals surface area contributed by atoms with Gasteiger partial charge in [-0.1, -0.05) is 19.1 Å². The van der Waals surface area contributed by atoms with E-state index in [1.807, 2.05) is 24.1 Å². The number of halogens is 2. The number of aryl methyl sites for hydroxylation is 1. The predicted octanol–water partition coefficient (Wildman–Crippen LogP) is 4.05. The first-order valence-corrected chi connectivity index (χ1v) is 10.3. The monoisotopic (exact) mass is 422 g/mol. The van der Waals surface area contributed by atoms with Crippen LogP contribution in [0.5, 0.6) is 0 Å². The summed E-state index contributed by atoms with van der Waals surface area (Å²) in [5.74, 6) is 0.991. The molecule has 0 bridgehead atoms. The fraction of sp³-hybridized carbons (Fsp3) is 0.545. The lowest BCUT2D eigenvalue weighted by atomic mass is 9.85. The second-order valence-corrected chi connectivity index (χ2v) is 8.00. The van der Waals surface area contributed by atoms with E-state index in [0.29, 0.717) is 18.3 Å². The molecule has 3 rings (SSSR count). The molecule has 7 heteroatoms. The molecule has 0 aliphatic carbocycles. The van der Waals surface area contributed by atoms with E-state index in [0.717, 1.165) is 49.4 Å². The Bertz CT molecular complexity index is 776. The molecule has 0 saturated carbocycles. The van der Waals surface area contributed by atoms with Crippen LogP contribution in [0.1, 0.15) is 38.3 Å². The highest BCUT2D eigenvalue weighted by Crippen LogP contribution is 2.23. The molecule has 1 aliphatic rings. The number of nitrogens with zero attached hydrogens (tertiary/aromatic N) is 2. The number of H-pyrrole nitrogens is 1. The van der Waals surface area contributed by atoms with Gasteiger partial charge in [0.25, 0.3) is 0 Å². The maximum absolute atomic E-state index is 13.4. The molecule has 2 N–H and O–H groups in total. The molecule has 0 radical (unpaired) electrons. The Balaban J connectivity index is 0.00000300. The standard InChI is InChI=1S/C22H31FN4O.ClH/c1-16(18-7-4-10-24-15-18)12-22(28)27(2)11-5-9-20-14-21(26-25-20)17-6-3-8-19(23)13-17;/h3,6,8,13-14,16,18,24H,4-5,7,9-12,15H2,1-2H3,(H,25,26);1H. The minimum absolute atomic E-state index is 0. The van der Waals surface area contributed by atoms with Crippen LogP contribution in [0.4, 0.5) is 4.39 Å². The van der Waals surface area contributed by atoms with E-state index in [2.05, 4.69) is 22.4 Å². The second-order valence-electron chi connectivity index (χ2n) is 8.00. The van der Waals surface area contributed by atoms with Crippen LogP contribution in [-0.4, -0.2) is 47.7 Å². The molecule has 1 fully saturated rings. The van der Waals surface area contributed by atoms with Gasteiger partial charge in [-0.15, -0.1) is 12.4 Å². The summed E-state index contributed by atoms with van der Waals surface area (Å²) in [6.45, 7) is 5.06. The van der Waals surface area contributed by atoms with Gasteiger partial charge in [0.2, 0.25) is 5.91 Å². The molecule has 2 aromatic rings. The molecule has 2 unspecified atom stereocenters. The Morgan fingerprint density at radius 1 is 1.38 bits per heavy atom. The van der Waals surface area contributed by atoms with Crippen molar-refractivity contribution in [2.45, 2.75) is 39.0 Å². The van der Waals surface area contributed by atoms with E-state index < -0.39 is 0 Å². The topological polar surface area (TPSA) is 61.0 Å². The number of aromatic nitrogens is 2. The molecule has 1 aliphatic heterocycles. The summed E-state index contributed by atoms with van der Waals surface area (Å²) in [5.41, 5.74) is 2.51. The number of rotatable bonds is 8. The summed E-state index contributed by atoms with van der Waals surface area (Å²) in [6, 6.07) is 8.39. The quantitative estimate of drug-likeness (QED) is 0.674.